The molecular weight excluding hydrogens is 563 g/mol. The number of anilines is 3. The van der Waals surface area contributed by atoms with E-state index in [1.165, 1.54) is 33.1 Å². The summed E-state index contributed by atoms with van der Waals surface area (Å²) in [6.45, 7) is 25.7. The van der Waals surface area contributed by atoms with Crippen LogP contribution in [0, 0.1) is 0 Å². The second kappa shape index (κ2) is 11.0. The first kappa shape index (κ1) is 30.9. The van der Waals surface area contributed by atoms with E-state index in [0.29, 0.717) is 0 Å². The van der Waals surface area contributed by atoms with Gasteiger partial charge in [0.15, 0.2) is 12.2 Å². The van der Waals surface area contributed by atoms with Crippen LogP contribution in [0.2, 0.25) is 19.6 Å². The zero-order valence-corrected chi connectivity index (χ0v) is 29.3. The summed E-state index contributed by atoms with van der Waals surface area (Å²) in [5.74, 6) is 0.142. The third-order valence-corrected chi connectivity index (χ3v) is 12.0. The number of hydrogen-bond donors (Lipinski definition) is 1. The molecule has 0 spiro atoms. The molecule has 3 nitrogen and oxygen atoms in total. The molecule has 4 heteroatoms. The van der Waals surface area contributed by atoms with Crippen LogP contribution in [0.5, 0.6) is 0 Å². The number of nitrogens with one attached hydrogen (secondary N) is 1. The first-order valence-electron chi connectivity index (χ1n) is 16.2. The molecule has 4 aromatic rings. The lowest BCUT2D eigenvalue weighted by Gasteiger charge is -2.61. The Hall–Kier alpha value is -4.15. The summed E-state index contributed by atoms with van der Waals surface area (Å²) < 4.78 is 2.53. The fraction of sp³-hybridized carbons (Fsp3) is 0.293. The van der Waals surface area contributed by atoms with Gasteiger partial charge >= 0.3 is 0 Å². The first-order chi connectivity index (χ1) is 21.3. The van der Waals surface area contributed by atoms with Gasteiger partial charge in [-0.15, -0.1) is 0 Å². The summed E-state index contributed by atoms with van der Waals surface area (Å²) in [4.78, 5) is 2.44. The van der Waals surface area contributed by atoms with Crippen molar-refractivity contribution in [3.8, 4) is 11.3 Å². The quantitative estimate of drug-likeness (QED) is 0.0973. The van der Waals surface area contributed by atoms with E-state index in [0.717, 1.165) is 22.6 Å². The van der Waals surface area contributed by atoms with E-state index in [1.54, 1.807) is 0 Å². The molecule has 3 aromatic carbocycles. The van der Waals surface area contributed by atoms with Crippen molar-refractivity contribution in [3.05, 3.63) is 139 Å². The van der Waals surface area contributed by atoms with Gasteiger partial charge in [-0.05, 0) is 59.4 Å². The Morgan fingerprint density at radius 1 is 0.933 bits per heavy atom. The van der Waals surface area contributed by atoms with E-state index < -0.39 is 13.6 Å². The highest BCUT2D eigenvalue weighted by Gasteiger charge is 2.68. The van der Waals surface area contributed by atoms with Crippen LogP contribution >= 0.6 is 0 Å². The van der Waals surface area contributed by atoms with Crippen molar-refractivity contribution in [1.82, 2.24) is 0 Å². The van der Waals surface area contributed by atoms with E-state index in [4.69, 9.17) is 13.2 Å². The third kappa shape index (κ3) is 4.91. The average Bonchev–Trinajstić information content (AvgIpc) is 3.00. The largest absolute Gasteiger partial charge is 0.358 e. The Balaban J connectivity index is 1.49. The van der Waals surface area contributed by atoms with Crippen LogP contribution in [0.15, 0.2) is 128 Å². The van der Waals surface area contributed by atoms with Gasteiger partial charge in [0.25, 0.3) is 0 Å². The van der Waals surface area contributed by atoms with Crippen LogP contribution in [0.25, 0.3) is 11.3 Å². The Morgan fingerprint density at radius 3 is 2.27 bits per heavy atom. The molecule has 3 atom stereocenters. The van der Waals surface area contributed by atoms with Gasteiger partial charge in [0.1, 0.15) is 5.54 Å². The highest BCUT2D eigenvalue weighted by molar-refractivity contribution is 6.88. The van der Waals surface area contributed by atoms with Crippen LogP contribution in [0.4, 0.5) is 17.1 Å². The van der Waals surface area contributed by atoms with Gasteiger partial charge in [0, 0.05) is 29.6 Å². The molecule has 2 aliphatic rings. The fourth-order valence-electron chi connectivity index (χ4n) is 7.55. The number of aromatic nitrogens is 1. The minimum Gasteiger partial charge on any atom is -0.358 e. The van der Waals surface area contributed by atoms with Crippen molar-refractivity contribution in [1.29, 1.82) is 0 Å². The Labute approximate surface area is 271 Å². The molecule has 0 bridgehead atoms. The summed E-state index contributed by atoms with van der Waals surface area (Å²) in [5, 5.41) is 5.21. The number of rotatable bonds is 7. The van der Waals surface area contributed by atoms with Gasteiger partial charge in [0.05, 0.1) is 30.9 Å². The molecule has 1 fully saturated rings. The van der Waals surface area contributed by atoms with Gasteiger partial charge in [-0.1, -0.05) is 114 Å². The number of hydrogen-bond acceptors (Lipinski definition) is 2. The molecular formula is C41H48N3Si+. The maximum Gasteiger partial charge on any atom is 0.213 e. The lowest BCUT2D eigenvalue weighted by atomic mass is 9.51. The highest BCUT2D eigenvalue weighted by atomic mass is 28.3. The normalized spacial score (nSPS) is 20.6. The number of allylic oxidation sites excluding steroid dienone is 1. The monoisotopic (exact) mass is 610 g/mol. The maximum atomic E-state index is 4.89. The van der Waals surface area contributed by atoms with Crippen molar-refractivity contribution in [3.63, 3.8) is 0 Å². The summed E-state index contributed by atoms with van der Waals surface area (Å²) in [5.41, 5.74) is 10.3. The number of fused-ring (bicyclic) bond motifs is 6. The van der Waals surface area contributed by atoms with Gasteiger partial charge in [0.2, 0.25) is 5.69 Å². The number of nitrogens with zero attached hydrogens (tertiary/aromatic N) is 2. The third-order valence-electron chi connectivity index (χ3n) is 10.0. The second-order valence-electron chi connectivity index (χ2n) is 14.8. The zero-order chi connectivity index (χ0) is 32.3. The van der Waals surface area contributed by atoms with Crippen molar-refractivity contribution in [2.45, 2.75) is 70.2 Å². The molecule has 0 radical (unpaired) electrons. The van der Waals surface area contributed by atoms with E-state index in [1.807, 2.05) is 0 Å². The van der Waals surface area contributed by atoms with Crippen molar-refractivity contribution in [2.24, 2.45) is 0 Å². The van der Waals surface area contributed by atoms with Crippen molar-refractivity contribution < 1.29 is 4.57 Å². The topological polar surface area (TPSA) is 19.1 Å². The van der Waals surface area contributed by atoms with Gasteiger partial charge in [-0.25, -0.2) is 0 Å². The van der Waals surface area contributed by atoms with E-state index in [2.05, 4.69) is 172 Å². The molecule has 0 saturated heterocycles. The van der Waals surface area contributed by atoms with E-state index in [9.17, 15) is 0 Å². The lowest BCUT2D eigenvalue weighted by molar-refractivity contribution is -0.718. The standard InChI is InChI=1S/C41H48N3Si/c1-11-16-28(2)41(43(7)37-20-15-14-19-35(37)42-31-23-21-30(22-24-31)40(4,5)6)29(3)39-38(41)34-18-13-12-17-33(34)36-26-25-32(27-44(36)39)45(8,9)10/h11-27,38-39,42H,2-3H2,1,4-10H3/q+1/b16-11-. The Kier molecular flexibility index (Phi) is 7.56. The van der Waals surface area contributed by atoms with Crippen LogP contribution in [0.3, 0.4) is 0 Å². The molecule has 3 unspecified atom stereocenters. The molecule has 1 N–H and O–H groups in total. The summed E-state index contributed by atoms with van der Waals surface area (Å²) in [6.07, 6.45) is 6.72. The number of pyridine rings is 1. The van der Waals surface area contributed by atoms with Crippen molar-refractivity contribution in [2.75, 3.05) is 17.3 Å². The predicted molar refractivity (Wildman–Crippen MR) is 196 cm³/mol. The lowest BCUT2D eigenvalue weighted by Crippen LogP contribution is -2.72. The maximum absolute atomic E-state index is 4.89. The number of likely N-dealkylation sites (N-methyl/N-ethyl adjacent to an activating group) is 1. The van der Waals surface area contributed by atoms with Gasteiger partial charge in [-0.3, -0.25) is 0 Å². The first-order valence-corrected chi connectivity index (χ1v) is 19.7. The Bertz CT molecular complexity index is 1820. The van der Waals surface area contributed by atoms with Gasteiger partial charge < -0.3 is 10.2 Å². The molecule has 45 heavy (non-hydrogen) atoms. The summed E-state index contributed by atoms with van der Waals surface area (Å²) >= 11 is 0. The molecule has 2 heterocycles. The molecule has 1 aliphatic carbocycles. The molecule has 6 rings (SSSR count). The molecule has 1 saturated carbocycles. The highest BCUT2D eigenvalue weighted by Crippen LogP contribution is 2.64. The minimum absolute atomic E-state index is 0.111. The molecule has 0 amide bonds. The SMILES string of the molecule is C=C(/C=C\C)C1(N(C)c2ccccc2Nc2ccc(C(C)(C)C)cc2)C(=C)C2C1c1ccccc1-c1ccc([Si](C)(C)C)c[n+]12. The zero-order valence-electron chi connectivity index (χ0n) is 28.3. The van der Waals surface area contributed by atoms with Crippen molar-refractivity contribution >= 4 is 30.3 Å². The predicted octanol–water partition coefficient (Wildman–Crippen LogP) is 9.44. The minimum atomic E-state index is -1.54. The summed E-state index contributed by atoms with van der Waals surface area (Å²) in [6, 6.07) is 31.2. The number of benzene rings is 3. The fourth-order valence-corrected chi connectivity index (χ4v) is 8.66. The van der Waals surface area contributed by atoms with Crippen LogP contribution in [-0.2, 0) is 5.41 Å². The second-order valence-corrected chi connectivity index (χ2v) is 19.9. The molecule has 230 valence electrons. The van der Waals surface area contributed by atoms with Crippen LogP contribution in [0.1, 0.15) is 50.8 Å². The smallest absolute Gasteiger partial charge is 0.213 e. The van der Waals surface area contributed by atoms with E-state index in [-0.39, 0.29) is 17.4 Å². The molecule has 1 aromatic heterocycles. The van der Waals surface area contributed by atoms with Gasteiger partial charge in [-0.2, -0.15) is 4.57 Å². The number of para-hydroxylation sites is 2. The molecule has 1 aliphatic heterocycles. The summed E-state index contributed by atoms with van der Waals surface area (Å²) in [7, 11) is 0.688. The Morgan fingerprint density at radius 2 is 1.60 bits per heavy atom. The van der Waals surface area contributed by atoms with E-state index >= 15 is 0 Å². The average molecular weight is 611 g/mol. The van der Waals surface area contributed by atoms with Crippen LogP contribution < -0.4 is 20.0 Å². The van der Waals surface area contributed by atoms with Crippen LogP contribution in [-0.4, -0.2) is 20.7 Å².